The Morgan fingerprint density at radius 2 is 2.07 bits per heavy atom. The Morgan fingerprint density at radius 3 is 2.60 bits per heavy atom. The molecule has 1 aromatic rings. The molecule has 0 radical (unpaired) electrons. The molecule has 0 atom stereocenters. The second-order valence-electron chi connectivity index (χ2n) is 3.63. The van der Waals surface area contributed by atoms with Gasteiger partial charge >= 0.3 is 0 Å². The average Bonchev–Trinajstić information content (AvgIpc) is 2.50. The fraction of sp³-hybridized carbons (Fsp3) is 0.273. The van der Waals surface area contributed by atoms with E-state index in [0.717, 1.165) is 9.26 Å². The van der Waals surface area contributed by atoms with E-state index in [1.54, 1.807) is 4.90 Å². The molecule has 1 aliphatic rings. The Bertz CT molecular complexity index is 442. The van der Waals surface area contributed by atoms with Gasteiger partial charge in [0.25, 0.3) is 0 Å². The van der Waals surface area contributed by atoms with E-state index >= 15 is 0 Å². The van der Waals surface area contributed by atoms with Gasteiger partial charge in [0.1, 0.15) is 0 Å². The molecule has 2 rings (SSSR count). The van der Waals surface area contributed by atoms with Gasteiger partial charge in [0.2, 0.25) is 5.91 Å². The third-order valence-corrected chi connectivity index (χ3v) is 3.61. The van der Waals surface area contributed by atoms with E-state index in [9.17, 15) is 9.59 Å². The Kier molecular flexibility index (Phi) is 2.77. The van der Waals surface area contributed by atoms with Crippen molar-refractivity contribution < 1.29 is 9.59 Å². The van der Waals surface area contributed by atoms with Crippen molar-refractivity contribution in [3.63, 3.8) is 0 Å². The van der Waals surface area contributed by atoms with E-state index in [1.165, 1.54) is 5.56 Å². The number of Topliss-reactive ketones (excluding diaryl/α,β-unsaturated/α-hetero) is 1. The molecular formula is C11H10INO2. The largest absolute Gasteiger partial charge is 0.305 e. The van der Waals surface area contributed by atoms with Gasteiger partial charge in [0.05, 0.1) is 13.0 Å². The first-order valence-corrected chi connectivity index (χ1v) is 5.74. The summed E-state index contributed by atoms with van der Waals surface area (Å²) in [4.78, 5) is 24.2. The molecule has 15 heavy (non-hydrogen) atoms. The summed E-state index contributed by atoms with van der Waals surface area (Å²) < 4.78 is 1.11. The zero-order valence-corrected chi connectivity index (χ0v) is 10.4. The van der Waals surface area contributed by atoms with E-state index in [-0.39, 0.29) is 24.7 Å². The van der Waals surface area contributed by atoms with Gasteiger partial charge in [0.15, 0.2) is 5.78 Å². The summed E-state index contributed by atoms with van der Waals surface area (Å²) in [6.07, 6.45) is 0.0461. The minimum Gasteiger partial charge on any atom is -0.305 e. The molecule has 1 heterocycles. The van der Waals surface area contributed by atoms with Crippen LogP contribution in [0.15, 0.2) is 18.2 Å². The second kappa shape index (κ2) is 3.92. The van der Waals surface area contributed by atoms with Crippen molar-refractivity contribution in [2.45, 2.75) is 13.3 Å². The topological polar surface area (TPSA) is 37.4 Å². The molecule has 1 saturated heterocycles. The maximum Gasteiger partial charge on any atom is 0.234 e. The van der Waals surface area contributed by atoms with Crippen molar-refractivity contribution in [2.24, 2.45) is 0 Å². The highest BCUT2D eigenvalue weighted by Crippen LogP contribution is 2.23. The number of rotatable bonds is 1. The van der Waals surface area contributed by atoms with E-state index in [1.807, 2.05) is 25.1 Å². The number of aryl methyl sites for hydroxylation is 1. The first-order chi connectivity index (χ1) is 7.08. The van der Waals surface area contributed by atoms with Crippen LogP contribution in [-0.2, 0) is 9.59 Å². The van der Waals surface area contributed by atoms with Crippen LogP contribution in [0.3, 0.4) is 0 Å². The number of carbonyl (C=O) groups excluding carboxylic acids is 2. The Hall–Kier alpha value is -0.910. The SMILES string of the molecule is Cc1ccc(N2CC(=O)CC2=O)cc1I. The van der Waals surface area contributed by atoms with Crippen molar-refractivity contribution >= 4 is 40.0 Å². The third-order valence-electron chi connectivity index (χ3n) is 2.45. The number of benzene rings is 1. The Balaban J connectivity index is 2.34. The van der Waals surface area contributed by atoms with Crippen LogP contribution in [0.25, 0.3) is 0 Å². The molecule has 0 aliphatic carbocycles. The lowest BCUT2D eigenvalue weighted by molar-refractivity contribution is -0.121. The van der Waals surface area contributed by atoms with Crippen LogP contribution in [0.5, 0.6) is 0 Å². The maximum atomic E-state index is 11.5. The minimum absolute atomic E-state index is 0.00409. The predicted octanol–water partition coefficient (Wildman–Crippen LogP) is 1.91. The molecule has 1 aromatic carbocycles. The molecule has 0 spiro atoms. The van der Waals surface area contributed by atoms with Gasteiger partial charge in [-0.1, -0.05) is 6.07 Å². The molecule has 0 N–H and O–H groups in total. The fourth-order valence-corrected chi connectivity index (χ4v) is 2.07. The van der Waals surface area contributed by atoms with Gasteiger partial charge in [-0.2, -0.15) is 0 Å². The van der Waals surface area contributed by atoms with Crippen LogP contribution in [0.2, 0.25) is 0 Å². The number of amides is 1. The quantitative estimate of drug-likeness (QED) is 0.586. The lowest BCUT2D eigenvalue weighted by Gasteiger charge is -2.15. The van der Waals surface area contributed by atoms with E-state index < -0.39 is 0 Å². The van der Waals surface area contributed by atoms with Crippen LogP contribution in [0, 0.1) is 10.5 Å². The molecule has 78 valence electrons. The molecular weight excluding hydrogens is 305 g/mol. The van der Waals surface area contributed by atoms with Crippen molar-refractivity contribution in [3.8, 4) is 0 Å². The molecule has 3 nitrogen and oxygen atoms in total. The highest BCUT2D eigenvalue weighted by atomic mass is 127. The number of hydrogen-bond donors (Lipinski definition) is 0. The van der Waals surface area contributed by atoms with Gasteiger partial charge in [-0.3, -0.25) is 9.59 Å². The lowest BCUT2D eigenvalue weighted by Crippen LogP contribution is -2.24. The minimum atomic E-state index is -0.0975. The monoisotopic (exact) mass is 315 g/mol. The van der Waals surface area contributed by atoms with Crippen LogP contribution in [-0.4, -0.2) is 18.2 Å². The number of halogens is 1. The number of nitrogens with zero attached hydrogens (tertiary/aromatic N) is 1. The molecule has 1 aliphatic heterocycles. The predicted molar refractivity (Wildman–Crippen MR) is 65.9 cm³/mol. The zero-order chi connectivity index (χ0) is 11.0. The lowest BCUT2D eigenvalue weighted by atomic mass is 10.2. The van der Waals surface area contributed by atoms with Crippen LogP contribution >= 0.6 is 22.6 Å². The summed E-state index contributed by atoms with van der Waals surface area (Å²) in [6.45, 7) is 2.24. The van der Waals surface area contributed by atoms with Crippen molar-refractivity contribution in [3.05, 3.63) is 27.3 Å². The van der Waals surface area contributed by atoms with Crippen molar-refractivity contribution in [1.29, 1.82) is 0 Å². The summed E-state index contributed by atoms with van der Waals surface area (Å²) in [5.74, 6) is -0.102. The van der Waals surface area contributed by atoms with E-state index in [0.29, 0.717) is 0 Å². The van der Waals surface area contributed by atoms with Gasteiger partial charge in [0, 0.05) is 9.26 Å². The summed E-state index contributed by atoms with van der Waals surface area (Å²) >= 11 is 2.23. The zero-order valence-electron chi connectivity index (χ0n) is 8.29. The normalized spacial score (nSPS) is 16.3. The Labute approximate surface area is 102 Å². The smallest absolute Gasteiger partial charge is 0.234 e. The first kappa shape index (κ1) is 10.6. The number of hydrogen-bond acceptors (Lipinski definition) is 2. The number of ketones is 1. The van der Waals surface area contributed by atoms with Crippen LogP contribution < -0.4 is 4.90 Å². The van der Waals surface area contributed by atoms with Gasteiger partial charge in [-0.25, -0.2) is 0 Å². The number of anilines is 1. The van der Waals surface area contributed by atoms with E-state index in [4.69, 9.17) is 0 Å². The third kappa shape index (κ3) is 2.04. The standard InChI is InChI=1S/C11H10INO2/c1-7-2-3-8(4-10(7)12)13-6-9(14)5-11(13)15/h2-4H,5-6H2,1H3. The van der Waals surface area contributed by atoms with Gasteiger partial charge in [-0.05, 0) is 47.2 Å². The molecule has 0 aromatic heterocycles. The molecule has 0 bridgehead atoms. The Morgan fingerprint density at radius 1 is 1.33 bits per heavy atom. The second-order valence-corrected chi connectivity index (χ2v) is 4.79. The number of carbonyl (C=O) groups is 2. The summed E-state index contributed by atoms with van der Waals surface area (Å²) in [5, 5.41) is 0. The highest BCUT2D eigenvalue weighted by Gasteiger charge is 2.28. The molecule has 4 heteroatoms. The van der Waals surface area contributed by atoms with Gasteiger partial charge < -0.3 is 4.90 Å². The molecule has 0 unspecified atom stereocenters. The maximum absolute atomic E-state index is 11.5. The van der Waals surface area contributed by atoms with Crippen LogP contribution in [0.4, 0.5) is 5.69 Å². The first-order valence-electron chi connectivity index (χ1n) is 4.66. The highest BCUT2D eigenvalue weighted by molar-refractivity contribution is 14.1. The van der Waals surface area contributed by atoms with E-state index in [2.05, 4.69) is 22.6 Å². The fourth-order valence-electron chi connectivity index (χ4n) is 1.57. The molecule has 1 fully saturated rings. The molecule has 0 saturated carbocycles. The molecule has 1 amide bonds. The van der Waals surface area contributed by atoms with Crippen LogP contribution in [0.1, 0.15) is 12.0 Å². The summed E-state index contributed by atoms with van der Waals surface area (Å²) in [6, 6.07) is 5.79. The summed E-state index contributed by atoms with van der Waals surface area (Å²) in [5.41, 5.74) is 2.00. The van der Waals surface area contributed by atoms with Gasteiger partial charge in [-0.15, -0.1) is 0 Å². The average molecular weight is 315 g/mol. The van der Waals surface area contributed by atoms with Crippen molar-refractivity contribution in [2.75, 3.05) is 11.4 Å². The van der Waals surface area contributed by atoms with Crippen molar-refractivity contribution in [1.82, 2.24) is 0 Å². The summed E-state index contributed by atoms with van der Waals surface area (Å²) in [7, 11) is 0.